The molecule has 0 bridgehead atoms. The predicted octanol–water partition coefficient (Wildman–Crippen LogP) is 0.494. The van der Waals surface area contributed by atoms with E-state index in [2.05, 4.69) is 20.5 Å². The molecular weight excluding hydrogens is 214 g/mol. The van der Waals surface area contributed by atoms with Gasteiger partial charge in [-0.1, -0.05) is 5.21 Å². The predicted molar refractivity (Wildman–Crippen MR) is 65.6 cm³/mol. The highest BCUT2D eigenvalue weighted by Gasteiger charge is 2.28. The van der Waals surface area contributed by atoms with E-state index in [0.29, 0.717) is 0 Å². The van der Waals surface area contributed by atoms with Gasteiger partial charge in [0.15, 0.2) is 0 Å². The Kier molecular flexibility index (Phi) is 3.38. The summed E-state index contributed by atoms with van der Waals surface area (Å²) >= 11 is 0. The fourth-order valence-electron chi connectivity index (χ4n) is 2.56. The first-order valence-electron chi connectivity index (χ1n) is 6.72. The summed E-state index contributed by atoms with van der Waals surface area (Å²) in [5.41, 5.74) is 0. The van der Waals surface area contributed by atoms with Crippen LogP contribution in [0.3, 0.4) is 0 Å². The zero-order valence-electron chi connectivity index (χ0n) is 10.3. The van der Waals surface area contributed by atoms with Crippen LogP contribution in [0, 0.1) is 0 Å². The molecule has 17 heavy (non-hydrogen) atoms. The summed E-state index contributed by atoms with van der Waals surface area (Å²) in [6, 6.07) is 1.59. The summed E-state index contributed by atoms with van der Waals surface area (Å²) in [5.74, 6) is 0. The molecule has 1 N–H and O–H groups in total. The number of aryl methyl sites for hydroxylation is 1. The van der Waals surface area contributed by atoms with Crippen molar-refractivity contribution in [2.75, 3.05) is 19.6 Å². The van der Waals surface area contributed by atoms with Crippen LogP contribution in [0.4, 0.5) is 0 Å². The minimum atomic E-state index is 0.744. The molecule has 0 amide bonds. The molecule has 5 heteroatoms. The third kappa shape index (κ3) is 3.26. The Labute approximate surface area is 102 Å². The minimum Gasteiger partial charge on any atom is -0.310 e. The fraction of sp³-hybridized carbons (Fsp3) is 0.833. The van der Waals surface area contributed by atoms with E-state index in [0.717, 1.165) is 18.6 Å². The Balaban J connectivity index is 1.33. The van der Waals surface area contributed by atoms with Crippen LogP contribution in [0.25, 0.3) is 0 Å². The lowest BCUT2D eigenvalue weighted by atomic mass is 10.2. The largest absolute Gasteiger partial charge is 0.310 e. The molecule has 1 saturated carbocycles. The van der Waals surface area contributed by atoms with Crippen LogP contribution in [0.2, 0.25) is 0 Å². The average Bonchev–Trinajstić information content (AvgIpc) is 2.80. The van der Waals surface area contributed by atoms with Crippen molar-refractivity contribution in [3.63, 3.8) is 0 Å². The van der Waals surface area contributed by atoms with Crippen molar-refractivity contribution in [3.8, 4) is 0 Å². The van der Waals surface area contributed by atoms with Crippen LogP contribution < -0.4 is 5.32 Å². The summed E-state index contributed by atoms with van der Waals surface area (Å²) in [6.07, 6.45) is 8.94. The Morgan fingerprint density at radius 1 is 1.18 bits per heavy atom. The summed E-state index contributed by atoms with van der Waals surface area (Å²) in [4.78, 5) is 2.57. The maximum atomic E-state index is 3.98. The topological polar surface area (TPSA) is 46.0 Å². The molecule has 2 heterocycles. The van der Waals surface area contributed by atoms with E-state index in [1.807, 2.05) is 10.9 Å². The van der Waals surface area contributed by atoms with E-state index in [1.54, 1.807) is 6.20 Å². The van der Waals surface area contributed by atoms with Crippen LogP contribution in [0.5, 0.6) is 0 Å². The van der Waals surface area contributed by atoms with E-state index in [9.17, 15) is 0 Å². The van der Waals surface area contributed by atoms with Crippen molar-refractivity contribution in [2.24, 2.45) is 0 Å². The molecule has 1 aliphatic carbocycles. The van der Waals surface area contributed by atoms with Crippen molar-refractivity contribution in [2.45, 2.75) is 44.3 Å². The van der Waals surface area contributed by atoms with E-state index >= 15 is 0 Å². The van der Waals surface area contributed by atoms with Crippen LogP contribution in [-0.2, 0) is 6.54 Å². The SMILES string of the molecule is c1cn(CCCN2CCC(NC3CC3)C2)nn1. The zero-order chi connectivity index (χ0) is 11.5. The second kappa shape index (κ2) is 5.14. The molecule has 0 aromatic carbocycles. The molecule has 0 spiro atoms. The van der Waals surface area contributed by atoms with Crippen molar-refractivity contribution in [3.05, 3.63) is 12.4 Å². The fourth-order valence-corrected chi connectivity index (χ4v) is 2.56. The van der Waals surface area contributed by atoms with Gasteiger partial charge < -0.3 is 10.2 Å². The van der Waals surface area contributed by atoms with E-state index in [1.165, 1.54) is 45.3 Å². The Morgan fingerprint density at radius 3 is 2.88 bits per heavy atom. The Bertz CT molecular complexity index is 333. The van der Waals surface area contributed by atoms with Gasteiger partial charge in [-0.15, -0.1) is 5.10 Å². The maximum absolute atomic E-state index is 3.98. The summed E-state index contributed by atoms with van der Waals surface area (Å²) < 4.78 is 1.91. The second-order valence-electron chi connectivity index (χ2n) is 5.25. The van der Waals surface area contributed by atoms with Gasteiger partial charge in [0.2, 0.25) is 0 Å². The van der Waals surface area contributed by atoms with Gasteiger partial charge in [0.1, 0.15) is 0 Å². The van der Waals surface area contributed by atoms with Gasteiger partial charge in [0.05, 0.1) is 6.20 Å². The van der Waals surface area contributed by atoms with Gasteiger partial charge in [-0.3, -0.25) is 4.68 Å². The highest BCUT2D eigenvalue weighted by Crippen LogP contribution is 2.21. The number of aromatic nitrogens is 3. The molecule has 1 saturated heterocycles. The number of rotatable bonds is 6. The number of nitrogens with one attached hydrogen (secondary N) is 1. The van der Waals surface area contributed by atoms with Gasteiger partial charge in [0.25, 0.3) is 0 Å². The molecule has 1 atom stereocenters. The molecule has 3 rings (SSSR count). The second-order valence-corrected chi connectivity index (χ2v) is 5.25. The zero-order valence-corrected chi connectivity index (χ0v) is 10.3. The first kappa shape index (κ1) is 11.2. The van der Waals surface area contributed by atoms with E-state index in [4.69, 9.17) is 0 Å². The summed E-state index contributed by atoms with van der Waals surface area (Å²) in [7, 11) is 0. The third-order valence-corrected chi connectivity index (χ3v) is 3.65. The molecule has 0 radical (unpaired) electrons. The summed E-state index contributed by atoms with van der Waals surface area (Å²) in [6.45, 7) is 4.65. The first-order chi connectivity index (χ1) is 8.40. The van der Waals surface area contributed by atoms with Crippen LogP contribution >= 0.6 is 0 Å². The molecule has 2 fully saturated rings. The van der Waals surface area contributed by atoms with Crippen molar-refractivity contribution >= 4 is 0 Å². The lowest BCUT2D eigenvalue weighted by Gasteiger charge is -2.16. The molecule has 2 aliphatic rings. The monoisotopic (exact) mass is 235 g/mol. The Hall–Kier alpha value is -0.940. The normalized spacial score (nSPS) is 25.5. The molecule has 1 unspecified atom stereocenters. The van der Waals surface area contributed by atoms with Gasteiger partial charge in [0, 0.05) is 31.4 Å². The lowest BCUT2D eigenvalue weighted by Crippen LogP contribution is -2.34. The number of nitrogens with zero attached hydrogens (tertiary/aromatic N) is 4. The molecule has 1 aromatic rings. The van der Waals surface area contributed by atoms with Crippen LogP contribution in [-0.4, -0.2) is 51.6 Å². The smallest absolute Gasteiger partial charge is 0.0692 e. The van der Waals surface area contributed by atoms with Crippen molar-refractivity contribution in [1.29, 1.82) is 0 Å². The van der Waals surface area contributed by atoms with Crippen molar-refractivity contribution in [1.82, 2.24) is 25.2 Å². The highest BCUT2D eigenvalue weighted by atomic mass is 15.4. The van der Waals surface area contributed by atoms with Gasteiger partial charge in [-0.2, -0.15) is 0 Å². The number of hydrogen-bond acceptors (Lipinski definition) is 4. The molecule has 94 valence electrons. The minimum absolute atomic E-state index is 0.744. The molecule has 5 nitrogen and oxygen atoms in total. The highest BCUT2D eigenvalue weighted by molar-refractivity contribution is 4.89. The van der Waals surface area contributed by atoms with Gasteiger partial charge in [-0.25, -0.2) is 0 Å². The quantitative estimate of drug-likeness (QED) is 0.779. The van der Waals surface area contributed by atoms with Crippen LogP contribution in [0.15, 0.2) is 12.4 Å². The summed E-state index contributed by atoms with van der Waals surface area (Å²) in [5, 5.41) is 11.5. The Morgan fingerprint density at radius 2 is 2.12 bits per heavy atom. The average molecular weight is 235 g/mol. The standard InChI is InChI=1S/C12H21N5/c1(7-17-9-5-13-15-17)6-16-8-4-12(10-16)14-11-2-3-11/h5,9,11-12,14H,1-4,6-8,10H2. The maximum Gasteiger partial charge on any atom is 0.0692 e. The van der Waals surface area contributed by atoms with E-state index in [-0.39, 0.29) is 0 Å². The first-order valence-corrected chi connectivity index (χ1v) is 6.72. The van der Waals surface area contributed by atoms with E-state index < -0.39 is 0 Å². The van der Waals surface area contributed by atoms with Gasteiger partial charge >= 0.3 is 0 Å². The number of likely N-dealkylation sites (tertiary alicyclic amines) is 1. The molecular formula is C12H21N5. The van der Waals surface area contributed by atoms with Gasteiger partial charge in [-0.05, 0) is 38.8 Å². The van der Waals surface area contributed by atoms with Crippen LogP contribution in [0.1, 0.15) is 25.7 Å². The third-order valence-electron chi connectivity index (χ3n) is 3.65. The number of hydrogen-bond donors (Lipinski definition) is 1. The van der Waals surface area contributed by atoms with Crippen molar-refractivity contribution < 1.29 is 0 Å². The molecule has 1 aliphatic heterocycles. The lowest BCUT2D eigenvalue weighted by molar-refractivity contribution is 0.311. The molecule has 1 aromatic heterocycles.